The Kier molecular flexibility index (Phi) is 3.91. The zero-order chi connectivity index (χ0) is 12.1. The molecular weight excluding hydrogens is 234 g/mol. The quantitative estimate of drug-likeness (QED) is 0.581. The van der Waals surface area contributed by atoms with Gasteiger partial charge >= 0.3 is 0 Å². The molecule has 1 fully saturated rings. The first kappa shape index (κ1) is 12.3. The largest absolute Gasteiger partial charge is 0.471 e. The van der Waals surface area contributed by atoms with Gasteiger partial charge in [-0.1, -0.05) is 36.6 Å². The molecule has 2 rings (SSSR count). The van der Waals surface area contributed by atoms with Crippen molar-refractivity contribution < 1.29 is 4.74 Å². The molecule has 1 aliphatic rings. The smallest absolute Gasteiger partial charge is 0.182 e. The van der Waals surface area contributed by atoms with Crippen molar-refractivity contribution in [1.82, 2.24) is 0 Å². The molecule has 1 saturated carbocycles. The molecule has 0 heterocycles. The summed E-state index contributed by atoms with van der Waals surface area (Å²) in [6, 6.07) is 9.40. The molecule has 0 spiro atoms. The van der Waals surface area contributed by atoms with Gasteiger partial charge in [0.25, 0.3) is 0 Å². The van der Waals surface area contributed by atoms with E-state index in [0.717, 1.165) is 25.7 Å². The number of nitriles is 1. The first-order valence-electron chi connectivity index (χ1n) is 6.11. The highest BCUT2D eigenvalue weighted by atomic mass is 35.5. The second kappa shape index (κ2) is 5.42. The van der Waals surface area contributed by atoms with Gasteiger partial charge in [-0.3, -0.25) is 0 Å². The minimum absolute atomic E-state index is 0.553. The Bertz CT molecular complexity index is 416. The van der Waals surface area contributed by atoms with Crippen molar-refractivity contribution in [3.8, 4) is 11.8 Å². The van der Waals surface area contributed by atoms with Crippen LogP contribution in [0.25, 0.3) is 0 Å². The molecule has 0 unspecified atom stereocenters. The number of halogens is 1. The second-order valence-corrected chi connectivity index (χ2v) is 5.20. The number of alkyl halides is 1. The number of benzene rings is 1. The molecular formula is C14H16ClNO. The van der Waals surface area contributed by atoms with Gasteiger partial charge in [0.2, 0.25) is 0 Å². The van der Waals surface area contributed by atoms with Crippen molar-refractivity contribution in [2.45, 2.75) is 43.6 Å². The third-order valence-corrected chi connectivity index (χ3v) is 3.61. The fourth-order valence-corrected chi connectivity index (χ4v) is 2.55. The lowest BCUT2D eigenvalue weighted by molar-refractivity contribution is 0.139. The Balaban J connectivity index is 2.16. The van der Waals surface area contributed by atoms with Gasteiger partial charge in [0, 0.05) is 12.8 Å². The van der Waals surface area contributed by atoms with Gasteiger partial charge in [0.1, 0.15) is 11.8 Å². The van der Waals surface area contributed by atoms with Crippen LogP contribution in [0.2, 0.25) is 0 Å². The maximum absolute atomic E-state index is 9.01. The van der Waals surface area contributed by atoms with E-state index < -0.39 is 5.06 Å². The van der Waals surface area contributed by atoms with E-state index >= 15 is 0 Å². The Labute approximate surface area is 107 Å². The predicted octanol–water partition coefficient (Wildman–Crippen LogP) is 4.23. The summed E-state index contributed by atoms with van der Waals surface area (Å²) in [5.41, 5.74) is 0.553. The van der Waals surface area contributed by atoms with Crippen LogP contribution < -0.4 is 4.74 Å². The first-order chi connectivity index (χ1) is 8.23. The fourth-order valence-electron chi connectivity index (χ4n) is 2.20. The van der Waals surface area contributed by atoms with Crippen LogP contribution in [0.3, 0.4) is 0 Å². The summed E-state index contributed by atoms with van der Waals surface area (Å²) >= 11 is 6.51. The normalized spacial score (nSPS) is 19.1. The molecule has 1 aliphatic carbocycles. The molecule has 0 aliphatic heterocycles. The van der Waals surface area contributed by atoms with Crippen LogP contribution in [0.1, 0.15) is 44.1 Å². The summed E-state index contributed by atoms with van der Waals surface area (Å²) in [5.74, 6) is 0.604. The zero-order valence-electron chi connectivity index (χ0n) is 9.79. The average molecular weight is 250 g/mol. The molecule has 1 aromatic carbocycles. The summed E-state index contributed by atoms with van der Waals surface area (Å²) in [5, 5.41) is 8.39. The van der Waals surface area contributed by atoms with Crippen LogP contribution in [-0.4, -0.2) is 5.06 Å². The maximum atomic E-state index is 9.01. The van der Waals surface area contributed by atoms with Gasteiger partial charge in [0.05, 0.1) is 5.56 Å². The van der Waals surface area contributed by atoms with Crippen LogP contribution in [-0.2, 0) is 0 Å². The molecule has 0 bridgehead atoms. The Morgan fingerprint density at radius 2 is 1.76 bits per heavy atom. The highest BCUT2D eigenvalue weighted by molar-refractivity contribution is 6.23. The highest BCUT2D eigenvalue weighted by Crippen LogP contribution is 2.36. The number of ether oxygens (including phenoxy) is 1. The fraction of sp³-hybridized carbons (Fsp3) is 0.500. The molecule has 3 heteroatoms. The molecule has 90 valence electrons. The lowest BCUT2D eigenvalue weighted by atomic mass is 10.1. The van der Waals surface area contributed by atoms with E-state index in [1.165, 1.54) is 12.8 Å². The summed E-state index contributed by atoms with van der Waals surface area (Å²) in [6.45, 7) is 0. The highest BCUT2D eigenvalue weighted by Gasteiger charge is 2.30. The molecule has 2 nitrogen and oxygen atoms in total. The topological polar surface area (TPSA) is 33.0 Å². The van der Waals surface area contributed by atoms with E-state index in [-0.39, 0.29) is 0 Å². The monoisotopic (exact) mass is 249 g/mol. The first-order valence-corrected chi connectivity index (χ1v) is 6.48. The van der Waals surface area contributed by atoms with Crippen molar-refractivity contribution in [3.63, 3.8) is 0 Å². The SMILES string of the molecule is N#Cc1ccccc1OC1(Cl)CCCCCC1. The Morgan fingerprint density at radius 3 is 2.41 bits per heavy atom. The second-order valence-electron chi connectivity index (χ2n) is 4.51. The molecule has 0 aromatic heterocycles. The van der Waals surface area contributed by atoms with Gasteiger partial charge in [-0.25, -0.2) is 0 Å². The van der Waals surface area contributed by atoms with Crippen molar-refractivity contribution in [3.05, 3.63) is 29.8 Å². The molecule has 0 N–H and O–H groups in total. The number of para-hydroxylation sites is 1. The van der Waals surface area contributed by atoms with Crippen molar-refractivity contribution in [2.24, 2.45) is 0 Å². The van der Waals surface area contributed by atoms with Gasteiger partial charge in [-0.2, -0.15) is 5.26 Å². The number of rotatable bonds is 2. The van der Waals surface area contributed by atoms with Gasteiger partial charge in [0.15, 0.2) is 5.06 Å². The lowest BCUT2D eigenvalue weighted by Gasteiger charge is -2.27. The number of nitrogens with zero attached hydrogens (tertiary/aromatic N) is 1. The third kappa shape index (κ3) is 3.14. The summed E-state index contributed by atoms with van der Waals surface area (Å²) in [6.07, 6.45) is 6.34. The molecule has 0 radical (unpaired) electrons. The van der Waals surface area contributed by atoms with E-state index in [4.69, 9.17) is 21.6 Å². The van der Waals surface area contributed by atoms with Crippen molar-refractivity contribution >= 4 is 11.6 Å². The van der Waals surface area contributed by atoms with E-state index in [0.29, 0.717) is 11.3 Å². The summed E-state index contributed by atoms with van der Waals surface area (Å²) in [7, 11) is 0. The molecule has 17 heavy (non-hydrogen) atoms. The van der Waals surface area contributed by atoms with Crippen LogP contribution in [0, 0.1) is 11.3 Å². The van der Waals surface area contributed by atoms with Crippen molar-refractivity contribution in [1.29, 1.82) is 5.26 Å². The molecule has 0 atom stereocenters. The Morgan fingerprint density at radius 1 is 1.12 bits per heavy atom. The maximum Gasteiger partial charge on any atom is 0.182 e. The van der Waals surface area contributed by atoms with Crippen LogP contribution in [0.15, 0.2) is 24.3 Å². The summed E-state index contributed by atoms with van der Waals surface area (Å²) in [4.78, 5) is 0. The minimum Gasteiger partial charge on any atom is -0.471 e. The average Bonchev–Trinajstić information content (AvgIpc) is 2.55. The van der Waals surface area contributed by atoms with E-state index in [1.807, 2.05) is 18.2 Å². The Hall–Kier alpha value is -1.20. The van der Waals surface area contributed by atoms with Crippen LogP contribution in [0.4, 0.5) is 0 Å². The zero-order valence-corrected chi connectivity index (χ0v) is 10.5. The van der Waals surface area contributed by atoms with Crippen LogP contribution >= 0.6 is 11.6 Å². The van der Waals surface area contributed by atoms with Crippen molar-refractivity contribution in [2.75, 3.05) is 0 Å². The van der Waals surface area contributed by atoms with E-state index in [9.17, 15) is 0 Å². The van der Waals surface area contributed by atoms with Crippen LogP contribution in [0.5, 0.6) is 5.75 Å². The van der Waals surface area contributed by atoms with Gasteiger partial charge < -0.3 is 4.74 Å². The molecule has 0 saturated heterocycles. The predicted molar refractivity (Wildman–Crippen MR) is 68.1 cm³/mol. The third-order valence-electron chi connectivity index (χ3n) is 3.15. The lowest BCUT2D eigenvalue weighted by Crippen LogP contribution is -2.28. The summed E-state index contributed by atoms with van der Waals surface area (Å²) < 4.78 is 5.89. The van der Waals surface area contributed by atoms with E-state index in [1.54, 1.807) is 6.07 Å². The molecule has 0 amide bonds. The minimum atomic E-state index is -0.622. The molecule has 1 aromatic rings. The van der Waals surface area contributed by atoms with E-state index in [2.05, 4.69) is 6.07 Å². The number of hydrogen-bond donors (Lipinski definition) is 0. The standard InChI is InChI=1S/C14H16ClNO/c15-14(9-5-1-2-6-10-14)17-13-8-4-3-7-12(13)11-16/h3-4,7-8H,1-2,5-6,9-10H2. The van der Waals surface area contributed by atoms with Gasteiger partial charge in [-0.05, 0) is 25.0 Å². The number of hydrogen-bond acceptors (Lipinski definition) is 2. The van der Waals surface area contributed by atoms with Gasteiger partial charge in [-0.15, -0.1) is 0 Å².